The van der Waals surface area contributed by atoms with Crippen LogP contribution >= 0.6 is 0 Å². The van der Waals surface area contributed by atoms with Gasteiger partial charge in [0.05, 0.1) is 0 Å². The fourth-order valence-electron chi connectivity index (χ4n) is 1.35. The predicted octanol–water partition coefficient (Wildman–Crippen LogP) is -1.04. The molecule has 1 fully saturated rings. The zero-order valence-corrected chi connectivity index (χ0v) is 8.14. The number of hydrogen-bond acceptors (Lipinski definition) is 4. The number of likely N-dealkylation sites (N-methyl/N-ethyl adjacent to an activating group) is 1. The van der Waals surface area contributed by atoms with E-state index in [1.165, 1.54) is 26.2 Å². The lowest BCUT2D eigenvalue weighted by Crippen LogP contribution is -2.48. The van der Waals surface area contributed by atoms with Gasteiger partial charge in [-0.3, -0.25) is 10.2 Å². The molecule has 0 spiro atoms. The molecule has 1 saturated heterocycles. The standard InChI is InChI=1S/C8H20N4/c1-9-7-10-8-12-5-3-11(2)4-6-12/h9-10H,3-8H2,1-2H3. The van der Waals surface area contributed by atoms with Crippen LogP contribution in [-0.4, -0.2) is 63.4 Å². The molecule has 0 bridgehead atoms. The Morgan fingerprint density at radius 3 is 2.42 bits per heavy atom. The van der Waals surface area contributed by atoms with E-state index in [0.717, 1.165) is 13.3 Å². The second-order valence-corrected chi connectivity index (χ2v) is 3.36. The molecular formula is C8H20N4. The first-order valence-corrected chi connectivity index (χ1v) is 4.59. The molecule has 0 atom stereocenters. The van der Waals surface area contributed by atoms with Crippen molar-refractivity contribution in [1.29, 1.82) is 0 Å². The van der Waals surface area contributed by atoms with Crippen molar-refractivity contribution in [2.45, 2.75) is 0 Å². The third-order valence-electron chi connectivity index (χ3n) is 2.23. The van der Waals surface area contributed by atoms with Crippen LogP contribution in [0.25, 0.3) is 0 Å². The van der Waals surface area contributed by atoms with Crippen LogP contribution in [0, 0.1) is 0 Å². The van der Waals surface area contributed by atoms with Gasteiger partial charge in [-0.2, -0.15) is 0 Å². The van der Waals surface area contributed by atoms with Crippen molar-refractivity contribution in [3.05, 3.63) is 0 Å². The smallest absolute Gasteiger partial charge is 0.0491 e. The maximum absolute atomic E-state index is 3.32. The second kappa shape index (κ2) is 5.48. The van der Waals surface area contributed by atoms with Gasteiger partial charge in [-0.05, 0) is 14.1 Å². The highest BCUT2D eigenvalue weighted by molar-refractivity contribution is 4.67. The van der Waals surface area contributed by atoms with Gasteiger partial charge >= 0.3 is 0 Å². The molecule has 0 aliphatic carbocycles. The Kier molecular flexibility index (Phi) is 4.53. The molecule has 1 aliphatic heterocycles. The van der Waals surface area contributed by atoms with E-state index >= 15 is 0 Å². The molecule has 0 aromatic rings. The Labute approximate surface area is 74.9 Å². The quantitative estimate of drug-likeness (QED) is 0.419. The number of hydrogen-bond donors (Lipinski definition) is 2. The molecule has 0 aromatic heterocycles. The number of nitrogens with zero attached hydrogens (tertiary/aromatic N) is 2. The number of nitrogens with one attached hydrogen (secondary N) is 2. The van der Waals surface area contributed by atoms with Crippen molar-refractivity contribution in [3.63, 3.8) is 0 Å². The van der Waals surface area contributed by atoms with Crippen LogP contribution in [-0.2, 0) is 0 Å². The molecule has 0 radical (unpaired) electrons. The average Bonchev–Trinajstić information content (AvgIpc) is 2.09. The fourth-order valence-corrected chi connectivity index (χ4v) is 1.35. The molecule has 4 heteroatoms. The van der Waals surface area contributed by atoms with Crippen LogP contribution in [0.3, 0.4) is 0 Å². The lowest BCUT2D eigenvalue weighted by molar-refractivity contribution is 0.145. The number of rotatable bonds is 4. The first kappa shape index (κ1) is 9.92. The van der Waals surface area contributed by atoms with Gasteiger partial charge < -0.3 is 10.2 Å². The van der Waals surface area contributed by atoms with Crippen LogP contribution in [0.2, 0.25) is 0 Å². The summed E-state index contributed by atoms with van der Waals surface area (Å²) < 4.78 is 0. The lowest BCUT2D eigenvalue weighted by Gasteiger charge is -2.32. The van der Waals surface area contributed by atoms with Gasteiger partial charge in [0.25, 0.3) is 0 Å². The highest BCUT2D eigenvalue weighted by Crippen LogP contribution is 1.96. The third kappa shape index (κ3) is 3.49. The van der Waals surface area contributed by atoms with Crippen molar-refractivity contribution >= 4 is 0 Å². The Bertz CT molecular complexity index is 110. The first-order valence-electron chi connectivity index (χ1n) is 4.59. The van der Waals surface area contributed by atoms with Gasteiger partial charge in [-0.15, -0.1) is 0 Å². The van der Waals surface area contributed by atoms with Gasteiger partial charge in [0.1, 0.15) is 0 Å². The molecule has 1 heterocycles. The monoisotopic (exact) mass is 172 g/mol. The van der Waals surface area contributed by atoms with E-state index in [2.05, 4.69) is 27.5 Å². The van der Waals surface area contributed by atoms with E-state index in [-0.39, 0.29) is 0 Å². The van der Waals surface area contributed by atoms with Gasteiger partial charge in [-0.1, -0.05) is 0 Å². The molecule has 4 nitrogen and oxygen atoms in total. The van der Waals surface area contributed by atoms with Gasteiger partial charge in [-0.25, -0.2) is 0 Å². The highest BCUT2D eigenvalue weighted by atomic mass is 15.3. The second-order valence-electron chi connectivity index (χ2n) is 3.36. The summed E-state index contributed by atoms with van der Waals surface area (Å²) in [5, 5.41) is 6.38. The van der Waals surface area contributed by atoms with Crippen LogP contribution < -0.4 is 10.6 Å². The van der Waals surface area contributed by atoms with E-state index in [1.807, 2.05) is 7.05 Å². The SMILES string of the molecule is CNCNCN1CCN(C)CC1. The molecule has 1 rings (SSSR count). The minimum Gasteiger partial charge on any atom is -0.308 e. The largest absolute Gasteiger partial charge is 0.308 e. The van der Waals surface area contributed by atoms with E-state index in [9.17, 15) is 0 Å². The Hall–Kier alpha value is -0.160. The van der Waals surface area contributed by atoms with Crippen LogP contribution in [0.15, 0.2) is 0 Å². The van der Waals surface area contributed by atoms with Gasteiger partial charge in [0.15, 0.2) is 0 Å². The van der Waals surface area contributed by atoms with E-state index in [4.69, 9.17) is 0 Å². The van der Waals surface area contributed by atoms with E-state index < -0.39 is 0 Å². The summed E-state index contributed by atoms with van der Waals surface area (Å²) in [6, 6.07) is 0. The Morgan fingerprint density at radius 2 is 1.83 bits per heavy atom. The summed E-state index contributed by atoms with van der Waals surface area (Å²) >= 11 is 0. The van der Waals surface area contributed by atoms with Crippen molar-refractivity contribution in [1.82, 2.24) is 20.4 Å². The molecule has 0 saturated carbocycles. The normalized spacial score (nSPS) is 21.5. The van der Waals surface area contributed by atoms with Crippen molar-refractivity contribution in [2.75, 3.05) is 53.6 Å². The summed E-state index contributed by atoms with van der Waals surface area (Å²) in [6.45, 7) is 6.67. The molecule has 0 aromatic carbocycles. The average molecular weight is 172 g/mol. The van der Waals surface area contributed by atoms with E-state index in [0.29, 0.717) is 0 Å². The summed E-state index contributed by atoms with van der Waals surface area (Å²) in [5.41, 5.74) is 0. The minimum atomic E-state index is 0.895. The Morgan fingerprint density at radius 1 is 1.17 bits per heavy atom. The fraction of sp³-hybridized carbons (Fsp3) is 1.00. The van der Waals surface area contributed by atoms with Crippen molar-refractivity contribution < 1.29 is 0 Å². The van der Waals surface area contributed by atoms with Crippen molar-refractivity contribution in [2.24, 2.45) is 0 Å². The zero-order chi connectivity index (χ0) is 8.81. The molecule has 0 amide bonds. The van der Waals surface area contributed by atoms with E-state index in [1.54, 1.807) is 0 Å². The summed E-state index contributed by atoms with van der Waals surface area (Å²) in [7, 11) is 4.13. The summed E-state index contributed by atoms with van der Waals surface area (Å²) in [5.74, 6) is 0. The van der Waals surface area contributed by atoms with Gasteiger partial charge in [0, 0.05) is 39.5 Å². The topological polar surface area (TPSA) is 30.5 Å². The molecule has 0 unspecified atom stereocenters. The molecule has 2 N–H and O–H groups in total. The maximum Gasteiger partial charge on any atom is 0.0491 e. The van der Waals surface area contributed by atoms with Crippen molar-refractivity contribution in [3.8, 4) is 0 Å². The van der Waals surface area contributed by atoms with Crippen LogP contribution in [0.1, 0.15) is 0 Å². The minimum absolute atomic E-state index is 0.895. The van der Waals surface area contributed by atoms with Gasteiger partial charge in [0.2, 0.25) is 0 Å². The van der Waals surface area contributed by atoms with Crippen LogP contribution in [0.5, 0.6) is 0 Å². The van der Waals surface area contributed by atoms with Crippen LogP contribution in [0.4, 0.5) is 0 Å². The molecule has 12 heavy (non-hydrogen) atoms. The first-order chi connectivity index (χ1) is 5.83. The Balaban J connectivity index is 2.01. The lowest BCUT2D eigenvalue weighted by atomic mass is 10.3. The summed E-state index contributed by atoms with van der Waals surface area (Å²) in [6.07, 6.45) is 0. The molecule has 1 aliphatic rings. The third-order valence-corrected chi connectivity index (χ3v) is 2.23. The summed E-state index contributed by atoms with van der Waals surface area (Å²) in [4.78, 5) is 4.81. The molecule has 72 valence electrons. The predicted molar refractivity (Wildman–Crippen MR) is 51.0 cm³/mol. The zero-order valence-electron chi connectivity index (χ0n) is 8.14. The maximum atomic E-state index is 3.32. The highest BCUT2D eigenvalue weighted by Gasteiger charge is 2.11. The number of piperazine rings is 1. The molecular weight excluding hydrogens is 152 g/mol.